The molecule has 0 aliphatic carbocycles. The van der Waals surface area contributed by atoms with E-state index in [1.54, 1.807) is 17.0 Å². The van der Waals surface area contributed by atoms with Gasteiger partial charge in [-0.15, -0.1) is 0 Å². The van der Waals surface area contributed by atoms with Crippen LogP contribution in [0.3, 0.4) is 0 Å². The van der Waals surface area contributed by atoms with E-state index >= 15 is 0 Å². The van der Waals surface area contributed by atoms with Gasteiger partial charge in [-0.2, -0.15) is 0 Å². The van der Waals surface area contributed by atoms with Gasteiger partial charge in [0.1, 0.15) is 5.69 Å². The standard InChI is InChI=1S/C22H31N5O3/c1-13-6-7-15-16(17(18(23)28)30-19(15)24-13)25-20(29)26-9-8-14(10-26)27-11-21(2,3)22(4,5)12-27/h6-7,14H,8-12H2,1-5H3,(H2,23,28)(H,25,29)/t14-/m1/s1. The van der Waals surface area contributed by atoms with Crippen molar-refractivity contribution in [2.24, 2.45) is 16.6 Å². The molecule has 0 unspecified atom stereocenters. The van der Waals surface area contributed by atoms with Crippen molar-refractivity contribution in [1.29, 1.82) is 0 Å². The van der Waals surface area contributed by atoms with E-state index in [-0.39, 0.29) is 22.6 Å². The van der Waals surface area contributed by atoms with Gasteiger partial charge in [-0.1, -0.05) is 27.7 Å². The van der Waals surface area contributed by atoms with E-state index in [1.807, 2.05) is 6.92 Å². The van der Waals surface area contributed by atoms with Gasteiger partial charge < -0.3 is 20.4 Å². The van der Waals surface area contributed by atoms with Gasteiger partial charge in [0.25, 0.3) is 5.91 Å². The molecule has 8 nitrogen and oxygen atoms in total. The van der Waals surface area contributed by atoms with E-state index in [1.165, 1.54) is 0 Å². The van der Waals surface area contributed by atoms with Crippen molar-refractivity contribution in [1.82, 2.24) is 14.8 Å². The van der Waals surface area contributed by atoms with Crippen LogP contribution in [0.5, 0.6) is 0 Å². The van der Waals surface area contributed by atoms with Crippen LogP contribution in [-0.4, -0.2) is 58.9 Å². The maximum atomic E-state index is 13.0. The predicted molar refractivity (Wildman–Crippen MR) is 115 cm³/mol. The van der Waals surface area contributed by atoms with E-state index in [9.17, 15) is 9.59 Å². The zero-order valence-corrected chi connectivity index (χ0v) is 18.4. The number of nitrogens with one attached hydrogen (secondary N) is 1. The number of hydrogen-bond donors (Lipinski definition) is 2. The van der Waals surface area contributed by atoms with Gasteiger partial charge in [0, 0.05) is 37.9 Å². The molecule has 8 heteroatoms. The summed E-state index contributed by atoms with van der Waals surface area (Å²) >= 11 is 0. The number of carbonyl (C=O) groups is 2. The first-order valence-electron chi connectivity index (χ1n) is 10.5. The smallest absolute Gasteiger partial charge is 0.322 e. The van der Waals surface area contributed by atoms with Crippen LogP contribution in [0.25, 0.3) is 11.1 Å². The first kappa shape index (κ1) is 20.7. The number of aromatic nitrogens is 1. The number of fused-ring (bicyclic) bond motifs is 1. The Morgan fingerprint density at radius 1 is 1.20 bits per heavy atom. The molecule has 2 saturated heterocycles. The first-order chi connectivity index (χ1) is 14.0. The average molecular weight is 414 g/mol. The molecule has 3 amide bonds. The summed E-state index contributed by atoms with van der Waals surface area (Å²) in [5, 5.41) is 3.42. The Bertz CT molecular complexity index is 994. The van der Waals surface area contributed by atoms with E-state index in [2.05, 4.69) is 42.9 Å². The molecule has 0 spiro atoms. The second-order valence-electron chi connectivity index (χ2n) is 9.97. The minimum Gasteiger partial charge on any atom is -0.430 e. The zero-order chi connectivity index (χ0) is 21.8. The number of urea groups is 1. The van der Waals surface area contributed by atoms with Gasteiger partial charge in [-0.25, -0.2) is 9.78 Å². The minimum absolute atomic E-state index is 0.0739. The summed E-state index contributed by atoms with van der Waals surface area (Å²) in [7, 11) is 0. The number of likely N-dealkylation sites (tertiary alicyclic amines) is 2. The number of nitrogens with zero attached hydrogens (tertiary/aromatic N) is 3. The second kappa shape index (κ2) is 6.97. The van der Waals surface area contributed by atoms with E-state index < -0.39 is 5.91 Å². The number of nitrogens with two attached hydrogens (primary N) is 1. The van der Waals surface area contributed by atoms with Gasteiger partial charge in [-0.05, 0) is 36.3 Å². The van der Waals surface area contributed by atoms with Crippen LogP contribution >= 0.6 is 0 Å². The number of hydrogen-bond acceptors (Lipinski definition) is 5. The van der Waals surface area contributed by atoms with Crippen LogP contribution in [0.2, 0.25) is 0 Å². The van der Waals surface area contributed by atoms with E-state index in [0.29, 0.717) is 35.9 Å². The van der Waals surface area contributed by atoms with Gasteiger partial charge in [0.2, 0.25) is 11.5 Å². The molecule has 4 rings (SSSR count). The van der Waals surface area contributed by atoms with Crippen LogP contribution < -0.4 is 11.1 Å². The third kappa shape index (κ3) is 3.43. The molecule has 3 N–H and O–H groups in total. The molecule has 2 aromatic heterocycles. The number of rotatable bonds is 3. The predicted octanol–water partition coefficient (Wildman–Crippen LogP) is 3.21. The molecule has 2 fully saturated rings. The molecule has 2 aliphatic heterocycles. The quantitative estimate of drug-likeness (QED) is 0.804. The van der Waals surface area contributed by atoms with Crippen molar-refractivity contribution in [2.45, 2.75) is 47.1 Å². The Kier molecular flexibility index (Phi) is 4.80. The number of aryl methyl sites for hydroxylation is 1. The first-order valence-corrected chi connectivity index (χ1v) is 10.5. The number of amides is 3. The lowest BCUT2D eigenvalue weighted by Crippen LogP contribution is -2.39. The van der Waals surface area contributed by atoms with Crippen molar-refractivity contribution in [3.05, 3.63) is 23.6 Å². The number of anilines is 1. The molecular weight excluding hydrogens is 382 g/mol. The monoisotopic (exact) mass is 413 g/mol. The topological polar surface area (TPSA) is 105 Å². The highest BCUT2D eigenvalue weighted by atomic mass is 16.4. The summed E-state index contributed by atoms with van der Waals surface area (Å²) in [5.74, 6) is -0.808. The number of furan rings is 1. The highest BCUT2D eigenvalue weighted by Crippen LogP contribution is 2.46. The Labute approximate surface area is 176 Å². The van der Waals surface area contributed by atoms with Crippen molar-refractivity contribution < 1.29 is 14.0 Å². The molecule has 2 aliphatic rings. The fraction of sp³-hybridized carbons (Fsp3) is 0.591. The fourth-order valence-corrected chi connectivity index (χ4v) is 4.54. The average Bonchev–Trinajstić information content (AvgIpc) is 3.30. The fourth-order valence-electron chi connectivity index (χ4n) is 4.54. The highest BCUT2D eigenvalue weighted by molar-refractivity contribution is 6.09. The number of primary amides is 1. The van der Waals surface area contributed by atoms with Crippen LogP contribution in [0.1, 0.15) is 50.4 Å². The molecule has 30 heavy (non-hydrogen) atoms. The lowest BCUT2D eigenvalue weighted by Gasteiger charge is -2.33. The molecule has 0 aromatic carbocycles. The van der Waals surface area contributed by atoms with Gasteiger partial charge >= 0.3 is 6.03 Å². The summed E-state index contributed by atoms with van der Waals surface area (Å²) in [4.78, 5) is 33.5. The van der Waals surface area contributed by atoms with Crippen molar-refractivity contribution in [3.63, 3.8) is 0 Å². The Hall–Kier alpha value is -2.61. The summed E-state index contributed by atoms with van der Waals surface area (Å²) in [6.45, 7) is 14.5. The summed E-state index contributed by atoms with van der Waals surface area (Å²) in [5.41, 5.74) is 7.28. The van der Waals surface area contributed by atoms with E-state index in [0.717, 1.165) is 25.2 Å². The lowest BCUT2D eigenvalue weighted by molar-refractivity contribution is 0.0977. The number of pyridine rings is 1. The molecule has 0 bridgehead atoms. The molecule has 4 heterocycles. The van der Waals surface area contributed by atoms with Gasteiger partial charge in [-0.3, -0.25) is 9.69 Å². The normalized spacial score (nSPS) is 23.2. The Morgan fingerprint density at radius 2 is 1.87 bits per heavy atom. The third-order valence-corrected chi connectivity index (χ3v) is 7.15. The minimum atomic E-state index is -0.734. The maximum Gasteiger partial charge on any atom is 0.322 e. The van der Waals surface area contributed by atoms with E-state index in [4.69, 9.17) is 10.2 Å². The molecule has 162 valence electrons. The molecule has 2 aromatic rings. The van der Waals surface area contributed by atoms with Crippen molar-refractivity contribution >= 4 is 28.7 Å². The second-order valence-corrected chi connectivity index (χ2v) is 9.97. The lowest BCUT2D eigenvalue weighted by atomic mass is 9.71. The third-order valence-electron chi connectivity index (χ3n) is 7.15. The zero-order valence-electron chi connectivity index (χ0n) is 18.4. The SMILES string of the molecule is Cc1ccc2c(NC(=O)N3CC[C@@H](N4CC(C)(C)C(C)(C)C4)C3)c(C(N)=O)oc2n1. The summed E-state index contributed by atoms with van der Waals surface area (Å²) < 4.78 is 5.53. The van der Waals surface area contributed by atoms with Crippen molar-refractivity contribution in [2.75, 3.05) is 31.5 Å². The van der Waals surface area contributed by atoms with Crippen LogP contribution in [-0.2, 0) is 0 Å². The van der Waals surface area contributed by atoms with Crippen LogP contribution in [0, 0.1) is 17.8 Å². The van der Waals surface area contributed by atoms with Gasteiger partial charge in [0.15, 0.2) is 0 Å². The highest BCUT2D eigenvalue weighted by Gasteiger charge is 2.48. The summed E-state index contributed by atoms with van der Waals surface area (Å²) in [6, 6.07) is 3.68. The summed E-state index contributed by atoms with van der Waals surface area (Å²) in [6.07, 6.45) is 0.940. The van der Waals surface area contributed by atoms with Gasteiger partial charge in [0.05, 0.1) is 5.39 Å². The van der Waals surface area contributed by atoms with Crippen molar-refractivity contribution in [3.8, 4) is 0 Å². The maximum absolute atomic E-state index is 13.0. The molecule has 1 atom stereocenters. The van der Waals surface area contributed by atoms with Crippen LogP contribution in [0.4, 0.5) is 10.5 Å². The number of carbonyl (C=O) groups excluding carboxylic acids is 2. The molecular formula is C22H31N5O3. The molecule has 0 radical (unpaired) electrons. The Balaban J connectivity index is 1.49. The van der Waals surface area contributed by atoms with Crippen LogP contribution in [0.15, 0.2) is 16.5 Å². The Morgan fingerprint density at radius 3 is 2.50 bits per heavy atom. The largest absolute Gasteiger partial charge is 0.430 e. The molecule has 0 saturated carbocycles.